The molecule has 2 rings (SSSR count). The molecule has 21 heavy (non-hydrogen) atoms. The normalized spacial score (nSPS) is 10.8. The van der Waals surface area contributed by atoms with Crippen LogP contribution < -0.4 is 0 Å². The Morgan fingerprint density at radius 3 is 2.57 bits per heavy atom. The Labute approximate surface area is 126 Å². The second-order valence-corrected chi connectivity index (χ2v) is 5.69. The second kappa shape index (κ2) is 6.73. The van der Waals surface area contributed by atoms with Crippen molar-refractivity contribution in [3.05, 3.63) is 45.6 Å². The van der Waals surface area contributed by atoms with Crippen LogP contribution in [-0.2, 0) is 13.2 Å². The molecule has 112 valence electrons. The van der Waals surface area contributed by atoms with Gasteiger partial charge in [0.2, 0.25) is 0 Å². The van der Waals surface area contributed by atoms with Crippen molar-refractivity contribution in [1.82, 2.24) is 9.78 Å². The molecule has 0 saturated carbocycles. The summed E-state index contributed by atoms with van der Waals surface area (Å²) in [5.41, 5.74) is 1.31. The Kier molecular flexibility index (Phi) is 4.98. The van der Waals surface area contributed by atoms with Crippen molar-refractivity contribution in [1.29, 1.82) is 0 Å². The third-order valence-corrected chi connectivity index (χ3v) is 4.09. The SMILES string of the molecule is CCCn1nc(C)c([N+](=O)[O-])c1Sc1ccc(CO)cc1. The van der Waals surface area contributed by atoms with Crippen molar-refractivity contribution in [3.8, 4) is 0 Å². The Morgan fingerprint density at radius 1 is 1.38 bits per heavy atom. The van der Waals surface area contributed by atoms with Crippen LogP contribution in [0.5, 0.6) is 0 Å². The first-order chi connectivity index (χ1) is 10.1. The summed E-state index contributed by atoms with van der Waals surface area (Å²) in [5.74, 6) is 0. The largest absolute Gasteiger partial charge is 0.392 e. The summed E-state index contributed by atoms with van der Waals surface area (Å²) in [6.07, 6.45) is 0.856. The van der Waals surface area contributed by atoms with Gasteiger partial charge in [0, 0.05) is 11.4 Å². The number of rotatable bonds is 6. The van der Waals surface area contributed by atoms with Crippen LogP contribution in [0.2, 0.25) is 0 Å². The standard InChI is InChI=1S/C14H17N3O3S/c1-3-8-16-14(13(17(19)20)10(2)15-16)21-12-6-4-11(9-18)5-7-12/h4-7,18H,3,8-9H2,1-2H3. The molecular weight excluding hydrogens is 290 g/mol. The summed E-state index contributed by atoms with van der Waals surface area (Å²) >= 11 is 1.33. The smallest absolute Gasteiger partial charge is 0.324 e. The van der Waals surface area contributed by atoms with Crippen molar-refractivity contribution >= 4 is 17.4 Å². The molecular formula is C14H17N3O3S. The topological polar surface area (TPSA) is 81.2 Å². The van der Waals surface area contributed by atoms with Crippen LogP contribution in [0.1, 0.15) is 24.6 Å². The first-order valence-corrected chi connectivity index (χ1v) is 7.48. The molecule has 1 aromatic carbocycles. The van der Waals surface area contributed by atoms with Gasteiger partial charge in [0.05, 0.1) is 11.5 Å². The monoisotopic (exact) mass is 307 g/mol. The number of hydrogen-bond acceptors (Lipinski definition) is 5. The van der Waals surface area contributed by atoms with E-state index >= 15 is 0 Å². The van der Waals surface area contributed by atoms with Crippen molar-refractivity contribution in [2.24, 2.45) is 0 Å². The van der Waals surface area contributed by atoms with Crippen LogP contribution in [0.15, 0.2) is 34.2 Å². The average molecular weight is 307 g/mol. The quantitative estimate of drug-likeness (QED) is 0.655. The van der Waals surface area contributed by atoms with Crippen LogP contribution in [-0.4, -0.2) is 19.8 Å². The van der Waals surface area contributed by atoms with E-state index < -0.39 is 0 Å². The number of aliphatic hydroxyl groups excluding tert-OH is 1. The van der Waals surface area contributed by atoms with Gasteiger partial charge in [-0.15, -0.1) is 0 Å². The van der Waals surface area contributed by atoms with E-state index in [2.05, 4.69) is 5.10 Å². The maximum Gasteiger partial charge on any atom is 0.324 e. The number of aryl methyl sites for hydroxylation is 2. The number of hydrogen-bond donors (Lipinski definition) is 1. The maximum atomic E-state index is 11.3. The van der Waals surface area contributed by atoms with E-state index in [4.69, 9.17) is 5.11 Å². The van der Waals surface area contributed by atoms with Gasteiger partial charge < -0.3 is 5.11 Å². The molecule has 0 saturated heterocycles. The van der Waals surface area contributed by atoms with Crippen LogP contribution >= 0.6 is 11.8 Å². The minimum Gasteiger partial charge on any atom is -0.392 e. The highest BCUT2D eigenvalue weighted by Crippen LogP contribution is 2.37. The van der Waals surface area contributed by atoms with Gasteiger partial charge in [-0.05, 0) is 31.0 Å². The first-order valence-electron chi connectivity index (χ1n) is 6.66. The van der Waals surface area contributed by atoms with E-state index in [1.165, 1.54) is 11.8 Å². The van der Waals surface area contributed by atoms with Gasteiger partial charge in [-0.25, -0.2) is 0 Å². The molecule has 0 aliphatic carbocycles. The first kappa shape index (κ1) is 15.5. The molecule has 0 atom stereocenters. The Bertz CT molecular complexity index is 638. The molecule has 6 nitrogen and oxygen atoms in total. The number of nitro groups is 1. The zero-order valence-electron chi connectivity index (χ0n) is 11.9. The van der Waals surface area contributed by atoms with Gasteiger partial charge in [0.15, 0.2) is 5.03 Å². The zero-order chi connectivity index (χ0) is 15.4. The second-order valence-electron chi connectivity index (χ2n) is 4.62. The highest BCUT2D eigenvalue weighted by molar-refractivity contribution is 7.99. The van der Waals surface area contributed by atoms with E-state index in [0.717, 1.165) is 16.9 Å². The zero-order valence-corrected chi connectivity index (χ0v) is 12.8. The molecule has 0 bridgehead atoms. The summed E-state index contributed by atoms with van der Waals surface area (Å²) in [6, 6.07) is 7.31. The number of aromatic nitrogens is 2. The van der Waals surface area contributed by atoms with Gasteiger partial charge in [0.1, 0.15) is 5.69 Å². The molecule has 1 heterocycles. The summed E-state index contributed by atoms with van der Waals surface area (Å²) in [4.78, 5) is 11.8. The Hall–Kier alpha value is -1.86. The summed E-state index contributed by atoms with van der Waals surface area (Å²) < 4.78 is 1.69. The molecule has 1 aromatic heterocycles. The molecule has 0 aliphatic heterocycles. The van der Waals surface area contributed by atoms with Gasteiger partial charge in [-0.1, -0.05) is 30.8 Å². The minimum absolute atomic E-state index is 0.0159. The van der Waals surface area contributed by atoms with Crippen molar-refractivity contribution in [2.75, 3.05) is 0 Å². The van der Waals surface area contributed by atoms with Crippen molar-refractivity contribution < 1.29 is 10.0 Å². The molecule has 7 heteroatoms. The number of benzene rings is 1. The van der Waals surface area contributed by atoms with Gasteiger partial charge in [-0.2, -0.15) is 5.10 Å². The molecule has 0 radical (unpaired) electrons. The third kappa shape index (κ3) is 3.43. The van der Waals surface area contributed by atoms with E-state index in [9.17, 15) is 10.1 Å². The fourth-order valence-electron chi connectivity index (χ4n) is 2.00. The molecule has 1 N–H and O–H groups in total. The highest BCUT2D eigenvalue weighted by atomic mass is 32.2. The number of nitrogens with zero attached hydrogens (tertiary/aromatic N) is 3. The van der Waals surface area contributed by atoms with Crippen molar-refractivity contribution in [3.63, 3.8) is 0 Å². The van der Waals surface area contributed by atoms with Crippen LogP contribution in [0.25, 0.3) is 0 Å². The van der Waals surface area contributed by atoms with Crippen LogP contribution in [0.4, 0.5) is 5.69 Å². The Morgan fingerprint density at radius 2 is 2.05 bits per heavy atom. The van der Waals surface area contributed by atoms with Crippen LogP contribution in [0.3, 0.4) is 0 Å². The molecule has 2 aromatic rings. The lowest BCUT2D eigenvalue weighted by atomic mass is 10.2. The lowest BCUT2D eigenvalue weighted by Crippen LogP contribution is -2.01. The van der Waals surface area contributed by atoms with Gasteiger partial charge >= 0.3 is 5.69 Å². The molecule has 0 amide bonds. The summed E-state index contributed by atoms with van der Waals surface area (Å²) in [7, 11) is 0. The van der Waals surface area contributed by atoms with Gasteiger partial charge in [0.25, 0.3) is 0 Å². The maximum absolute atomic E-state index is 11.3. The lowest BCUT2D eigenvalue weighted by Gasteiger charge is -2.05. The third-order valence-electron chi connectivity index (χ3n) is 2.99. The summed E-state index contributed by atoms with van der Waals surface area (Å²) in [5, 5.41) is 25.1. The average Bonchev–Trinajstić information content (AvgIpc) is 2.76. The molecule has 0 spiro atoms. The number of aliphatic hydroxyl groups is 1. The van der Waals surface area contributed by atoms with E-state index in [-0.39, 0.29) is 17.2 Å². The minimum atomic E-state index is -0.376. The molecule has 0 unspecified atom stereocenters. The van der Waals surface area contributed by atoms with E-state index in [1.807, 2.05) is 31.2 Å². The van der Waals surface area contributed by atoms with Gasteiger partial charge in [-0.3, -0.25) is 14.8 Å². The highest BCUT2D eigenvalue weighted by Gasteiger charge is 2.25. The summed E-state index contributed by atoms with van der Waals surface area (Å²) in [6.45, 7) is 4.29. The molecule has 0 fully saturated rings. The van der Waals surface area contributed by atoms with E-state index in [0.29, 0.717) is 17.3 Å². The van der Waals surface area contributed by atoms with Crippen LogP contribution in [0, 0.1) is 17.0 Å². The van der Waals surface area contributed by atoms with Crippen molar-refractivity contribution in [2.45, 2.75) is 43.3 Å². The van der Waals surface area contributed by atoms with E-state index in [1.54, 1.807) is 11.6 Å². The molecule has 0 aliphatic rings. The Balaban J connectivity index is 2.38. The fraction of sp³-hybridized carbons (Fsp3) is 0.357. The predicted molar refractivity (Wildman–Crippen MR) is 80.4 cm³/mol. The predicted octanol–water partition coefficient (Wildman–Crippen LogP) is 3.15. The lowest BCUT2D eigenvalue weighted by molar-refractivity contribution is -0.388. The fourth-order valence-corrected chi connectivity index (χ4v) is 3.05.